The van der Waals surface area contributed by atoms with Crippen LogP contribution >= 0.6 is 0 Å². The molecular formula is C21H19N7. The highest BCUT2D eigenvalue weighted by Gasteiger charge is 2.07. The van der Waals surface area contributed by atoms with E-state index in [0.717, 1.165) is 27.9 Å². The summed E-state index contributed by atoms with van der Waals surface area (Å²) in [5, 5.41) is 8.86. The van der Waals surface area contributed by atoms with Gasteiger partial charge >= 0.3 is 0 Å². The topological polar surface area (TPSA) is 107 Å². The van der Waals surface area contributed by atoms with E-state index in [0.29, 0.717) is 18.2 Å². The van der Waals surface area contributed by atoms with Crippen LogP contribution in [-0.2, 0) is 6.54 Å². The average molecular weight is 369 g/mol. The van der Waals surface area contributed by atoms with Crippen molar-refractivity contribution >= 4 is 44.9 Å². The summed E-state index contributed by atoms with van der Waals surface area (Å²) < 4.78 is 0. The van der Waals surface area contributed by atoms with E-state index in [9.17, 15) is 0 Å². The Labute approximate surface area is 161 Å². The monoisotopic (exact) mass is 369 g/mol. The highest BCUT2D eigenvalue weighted by Crippen LogP contribution is 2.28. The van der Waals surface area contributed by atoms with Crippen molar-refractivity contribution in [1.29, 1.82) is 0 Å². The fourth-order valence-corrected chi connectivity index (χ4v) is 3.34. The predicted molar refractivity (Wildman–Crippen MR) is 114 cm³/mol. The first-order valence-electron chi connectivity index (χ1n) is 9.01. The van der Waals surface area contributed by atoms with E-state index >= 15 is 0 Å². The van der Waals surface area contributed by atoms with Gasteiger partial charge in [-0.05, 0) is 53.4 Å². The molecule has 0 saturated carbocycles. The van der Waals surface area contributed by atoms with Crippen molar-refractivity contribution in [1.82, 2.24) is 19.9 Å². The number of hydrogen-bond acceptors (Lipinski definition) is 5. The zero-order valence-corrected chi connectivity index (χ0v) is 15.0. The molecule has 0 spiro atoms. The number of nitrogens with two attached hydrogens (primary N) is 1. The number of anilines is 4. The number of benzene rings is 2. The van der Waals surface area contributed by atoms with Crippen molar-refractivity contribution in [2.24, 2.45) is 0 Å². The molecule has 7 heteroatoms. The summed E-state index contributed by atoms with van der Waals surface area (Å²) in [6.45, 7) is 0.678. The van der Waals surface area contributed by atoms with Crippen LogP contribution in [0.15, 0.2) is 67.1 Å². The van der Waals surface area contributed by atoms with Crippen molar-refractivity contribution in [2.45, 2.75) is 6.54 Å². The molecule has 0 bridgehead atoms. The molecule has 28 heavy (non-hydrogen) atoms. The normalized spacial score (nSPS) is 11.1. The first-order chi connectivity index (χ1) is 13.7. The third-order valence-electron chi connectivity index (χ3n) is 4.68. The molecule has 0 unspecified atom stereocenters. The zero-order valence-electron chi connectivity index (χ0n) is 15.0. The number of fused-ring (bicyclic) bond motifs is 2. The van der Waals surface area contributed by atoms with Gasteiger partial charge in [-0.2, -0.15) is 4.98 Å². The Hall–Kier alpha value is -4.00. The molecule has 0 amide bonds. The molecule has 3 heterocycles. The molecule has 0 aliphatic heterocycles. The Balaban J connectivity index is 1.35. The smallest absolute Gasteiger partial charge is 0.229 e. The lowest BCUT2D eigenvalue weighted by Gasteiger charge is -2.10. The maximum Gasteiger partial charge on any atom is 0.229 e. The van der Waals surface area contributed by atoms with Crippen LogP contribution in [0, 0.1) is 0 Å². The van der Waals surface area contributed by atoms with Gasteiger partial charge in [-0.25, -0.2) is 4.98 Å². The van der Waals surface area contributed by atoms with Gasteiger partial charge in [0.05, 0.1) is 5.69 Å². The van der Waals surface area contributed by atoms with E-state index < -0.39 is 0 Å². The number of H-pyrrole nitrogens is 2. The van der Waals surface area contributed by atoms with Gasteiger partial charge in [-0.1, -0.05) is 6.07 Å². The average Bonchev–Trinajstić information content (AvgIpc) is 3.35. The number of nitrogens with zero attached hydrogens (tertiary/aromatic N) is 2. The fourth-order valence-electron chi connectivity index (χ4n) is 3.34. The van der Waals surface area contributed by atoms with Crippen LogP contribution in [0.4, 0.5) is 23.1 Å². The molecule has 0 saturated heterocycles. The highest BCUT2D eigenvalue weighted by atomic mass is 15.1. The Morgan fingerprint density at radius 1 is 0.929 bits per heavy atom. The van der Waals surface area contributed by atoms with E-state index in [2.05, 4.69) is 54.8 Å². The lowest BCUT2D eigenvalue weighted by molar-refractivity contribution is 1.09. The van der Waals surface area contributed by atoms with E-state index in [1.807, 2.05) is 36.7 Å². The molecule has 0 radical (unpaired) electrons. The van der Waals surface area contributed by atoms with Gasteiger partial charge in [-0.15, -0.1) is 0 Å². The number of rotatable bonds is 5. The molecule has 3 aromatic heterocycles. The summed E-state index contributed by atoms with van der Waals surface area (Å²) in [6, 6.07) is 16.0. The molecular weight excluding hydrogens is 350 g/mol. The van der Waals surface area contributed by atoms with Gasteiger partial charge in [0.1, 0.15) is 5.82 Å². The van der Waals surface area contributed by atoms with Crippen LogP contribution in [0.2, 0.25) is 0 Å². The van der Waals surface area contributed by atoms with Crippen molar-refractivity contribution in [3.63, 3.8) is 0 Å². The summed E-state index contributed by atoms with van der Waals surface area (Å²) in [6.07, 6.45) is 5.56. The SMILES string of the molecule is Nc1cc(Nc2nccc(NCc3ccc4[nH]ccc4c3)n2)c2cc[nH]c2c1. The van der Waals surface area contributed by atoms with Crippen LogP contribution < -0.4 is 16.4 Å². The lowest BCUT2D eigenvalue weighted by atomic mass is 10.1. The van der Waals surface area contributed by atoms with Gasteiger partial charge in [0, 0.05) is 47.2 Å². The van der Waals surface area contributed by atoms with Crippen LogP contribution in [-0.4, -0.2) is 19.9 Å². The molecule has 138 valence electrons. The highest BCUT2D eigenvalue weighted by molar-refractivity contribution is 5.95. The largest absolute Gasteiger partial charge is 0.399 e. The zero-order chi connectivity index (χ0) is 18.9. The van der Waals surface area contributed by atoms with Crippen LogP contribution in [0.3, 0.4) is 0 Å². The minimum atomic E-state index is 0.513. The Morgan fingerprint density at radius 2 is 1.82 bits per heavy atom. The van der Waals surface area contributed by atoms with Crippen molar-refractivity contribution in [3.05, 3.63) is 72.7 Å². The third-order valence-corrected chi connectivity index (χ3v) is 4.68. The summed E-state index contributed by atoms with van der Waals surface area (Å²) in [4.78, 5) is 15.3. The second-order valence-electron chi connectivity index (χ2n) is 6.65. The Bertz CT molecular complexity index is 1270. The Kier molecular flexibility index (Phi) is 3.83. The number of aromatic amines is 2. The van der Waals surface area contributed by atoms with Gasteiger partial charge < -0.3 is 26.3 Å². The van der Waals surface area contributed by atoms with Gasteiger partial charge in [0.15, 0.2) is 0 Å². The fraction of sp³-hybridized carbons (Fsp3) is 0.0476. The van der Waals surface area contributed by atoms with Gasteiger partial charge in [-0.3, -0.25) is 0 Å². The summed E-state index contributed by atoms with van der Waals surface area (Å²) >= 11 is 0. The van der Waals surface area contributed by atoms with E-state index in [-0.39, 0.29) is 0 Å². The molecule has 5 rings (SSSR count). The van der Waals surface area contributed by atoms with E-state index in [4.69, 9.17) is 5.73 Å². The van der Waals surface area contributed by atoms with Crippen LogP contribution in [0.5, 0.6) is 0 Å². The number of nitrogen functional groups attached to an aromatic ring is 1. The molecule has 2 aromatic carbocycles. The molecule has 0 aliphatic rings. The molecule has 5 aromatic rings. The van der Waals surface area contributed by atoms with Crippen LogP contribution in [0.1, 0.15) is 5.56 Å². The minimum Gasteiger partial charge on any atom is -0.399 e. The maximum atomic E-state index is 6.00. The van der Waals surface area contributed by atoms with Crippen LogP contribution in [0.25, 0.3) is 21.8 Å². The van der Waals surface area contributed by atoms with E-state index in [1.165, 1.54) is 10.9 Å². The summed E-state index contributed by atoms with van der Waals surface area (Å²) in [7, 11) is 0. The van der Waals surface area contributed by atoms with Gasteiger partial charge in [0.25, 0.3) is 0 Å². The minimum absolute atomic E-state index is 0.513. The quantitative estimate of drug-likeness (QED) is 0.296. The predicted octanol–water partition coefficient (Wildman–Crippen LogP) is 4.38. The number of hydrogen-bond donors (Lipinski definition) is 5. The van der Waals surface area contributed by atoms with Crippen molar-refractivity contribution in [2.75, 3.05) is 16.4 Å². The van der Waals surface area contributed by atoms with Crippen molar-refractivity contribution in [3.8, 4) is 0 Å². The Morgan fingerprint density at radius 3 is 2.79 bits per heavy atom. The molecule has 0 aliphatic carbocycles. The second kappa shape index (κ2) is 6.62. The van der Waals surface area contributed by atoms with Gasteiger partial charge in [0.2, 0.25) is 5.95 Å². The lowest BCUT2D eigenvalue weighted by Crippen LogP contribution is -2.04. The molecule has 0 fully saturated rings. The first kappa shape index (κ1) is 16.2. The number of aromatic nitrogens is 4. The molecule has 0 atom stereocenters. The maximum absolute atomic E-state index is 6.00. The summed E-state index contributed by atoms with van der Waals surface area (Å²) in [5.41, 5.74) is 10.8. The second-order valence-corrected chi connectivity index (χ2v) is 6.65. The summed E-state index contributed by atoms with van der Waals surface area (Å²) in [5.74, 6) is 1.26. The molecule has 7 nitrogen and oxygen atoms in total. The van der Waals surface area contributed by atoms with E-state index in [1.54, 1.807) is 6.20 Å². The third kappa shape index (κ3) is 3.09. The first-order valence-corrected chi connectivity index (χ1v) is 9.01. The van der Waals surface area contributed by atoms with Crippen molar-refractivity contribution < 1.29 is 0 Å². The molecule has 6 N–H and O–H groups in total. The standard InChI is InChI=1S/C21H19N7/c22-15-10-18-16(4-7-24-18)19(11-15)27-21-25-8-5-20(28-21)26-12-13-1-2-17-14(9-13)3-6-23-17/h1-11,23-24H,12,22H2,(H2,25,26,27,28). The number of nitrogens with one attached hydrogen (secondary N) is 4.